The van der Waals surface area contributed by atoms with Crippen LogP contribution in [0.1, 0.15) is 18.7 Å². The Hall–Kier alpha value is -1.59. The fourth-order valence-corrected chi connectivity index (χ4v) is 3.25. The number of hydrogen-bond acceptors (Lipinski definition) is 4. The number of anilines is 1. The van der Waals surface area contributed by atoms with E-state index in [0.29, 0.717) is 0 Å². The second-order valence-electron chi connectivity index (χ2n) is 6.32. The molecule has 1 aromatic heterocycles. The molecule has 0 radical (unpaired) electrons. The summed E-state index contributed by atoms with van der Waals surface area (Å²) in [5, 5.41) is 0. The number of aromatic amines is 1. The predicted molar refractivity (Wildman–Crippen MR) is 85.2 cm³/mol. The number of H-pyrrole nitrogens is 1. The summed E-state index contributed by atoms with van der Waals surface area (Å²) < 4.78 is 0. The van der Waals surface area contributed by atoms with Crippen molar-refractivity contribution in [3.05, 3.63) is 24.0 Å². The second kappa shape index (κ2) is 5.31. The summed E-state index contributed by atoms with van der Waals surface area (Å²) in [5.41, 5.74) is 8.65. The highest BCUT2D eigenvalue weighted by Gasteiger charge is 2.30. The first-order valence-corrected chi connectivity index (χ1v) is 7.98. The largest absolute Gasteiger partial charge is 0.399 e. The molecule has 1 saturated heterocycles. The summed E-state index contributed by atoms with van der Waals surface area (Å²) >= 11 is 0. The maximum absolute atomic E-state index is 5.81. The third-order valence-corrected chi connectivity index (χ3v) is 4.69. The van der Waals surface area contributed by atoms with Crippen molar-refractivity contribution < 1.29 is 0 Å². The van der Waals surface area contributed by atoms with Gasteiger partial charge in [0.2, 0.25) is 0 Å². The standard InChI is InChI=1S/C16H23N5/c17-12-1-4-14-15(11-12)19-16(18-14)5-6-20-7-9-21(10-8-20)13-2-3-13/h1,4,11,13H,2-3,5-10,17H2,(H,18,19). The Morgan fingerprint density at radius 2 is 2.00 bits per heavy atom. The summed E-state index contributed by atoms with van der Waals surface area (Å²) in [4.78, 5) is 13.2. The molecule has 1 aromatic carbocycles. The Labute approximate surface area is 125 Å². The number of fused-ring (bicyclic) bond motifs is 1. The van der Waals surface area contributed by atoms with E-state index >= 15 is 0 Å². The van der Waals surface area contributed by atoms with Crippen LogP contribution >= 0.6 is 0 Å². The Balaban J connectivity index is 1.33. The van der Waals surface area contributed by atoms with Crippen molar-refractivity contribution in [2.45, 2.75) is 25.3 Å². The first kappa shape index (κ1) is 13.1. The maximum Gasteiger partial charge on any atom is 0.108 e. The maximum atomic E-state index is 5.81. The van der Waals surface area contributed by atoms with Gasteiger partial charge in [-0.15, -0.1) is 0 Å². The van der Waals surface area contributed by atoms with Crippen LogP contribution in [0.5, 0.6) is 0 Å². The quantitative estimate of drug-likeness (QED) is 0.835. The van der Waals surface area contributed by atoms with E-state index in [9.17, 15) is 0 Å². The van der Waals surface area contributed by atoms with E-state index in [1.165, 1.54) is 39.0 Å². The number of imidazole rings is 1. The summed E-state index contributed by atoms with van der Waals surface area (Å²) in [6, 6.07) is 6.76. The van der Waals surface area contributed by atoms with E-state index in [1.54, 1.807) is 0 Å². The van der Waals surface area contributed by atoms with Gasteiger partial charge in [0.15, 0.2) is 0 Å². The van der Waals surface area contributed by atoms with Crippen LogP contribution in [-0.4, -0.2) is 58.5 Å². The molecule has 3 N–H and O–H groups in total. The third-order valence-electron chi connectivity index (χ3n) is 4.69. The molecule has 2 fully saturated rings. The molecule has 2 aliphatic rings. The van der Waals surface area contributed by atoms with Gasteiger partial charge in [0, 0.05) is 50.9 Å². The fraction of sp³-hybridized carbons (Fsp3) is 0.562. The molecule has 0 unspecified atom stereocenters. The van der Waals surface area contributed by atoms with Gasteiger partial charge in [-0.3, -0.25) is 4.90 Å². The van der Waals surface area contributed by atoms with Gasteiger partial charge in [-0.2, -0.15) is 0 Å². The lowest BCUT2D eigenvalue weighted by Gasteiger charge is -2.34. The van der Waals surface area contributed by atoms with Crippen LogP contribution in [0.15, 0.2) is 18.2 Å². The van der Waals surface area contributed by atoms with Gasteiger partial charge in [-0.05, 0) is 31.0 Å². The highest BCUT2D eigenvalue weighted by molar-refractivity contribution is 5.78. The molecule has 2 aromatic rings. The van der Waals surface area contributed by atoms with Gasteiger partial charge in [-0.25, -0.2) is 4.98 Å². The van der Waals surface area contributed by atoms with Gasteiger partial charge in [0.1, 0.15) is 5.82 Å². The number of nitrogens with two attached hydrogens (primary N) is 1. The van der Waals surface area contributed by atoms with Gasteiger partial charge in [-0.1, -0.05) is 0 Å². The Bertz CT molecular complexity index is 623. The molecule has 0 spiro atoms. The average molecular weight is 285 g/mol. The minimum absolute atomic E-state index is 0.786. The van der Waals surface area contributed by atoms with E-state index in [1.807, 2.05) is 18.2 Å². The number of aromatic nitrogens is 2. The molecule has 0 bridgehead atoms. The Kier molecular flexibility index (Phi) is 3.31. The Morgan fingerprint density at radius 1 is 1.19 bits per heavy atom. The van der Waals surface area contributed by atoms with Crippen molar-refractivity contribution in [2.75, 3.05) is 38.5 Å². The molecule has 0 amide bonds. The number of nitrogens with zero attached hydrogens (tertiary/aromatic N) is 3. The van der Waals surface area contributed by atoms with Crippen molar-refractivity contribution >= 4 is 16.7 Å². The molecule has 112 valence electrons. The fourth-order valence-electron chi connectivity index (χ4n) is 3.25. The summed E-state index contributed by atoms with van der Waals surface area (Å²) in [6.45, 7) is 5.96. The Morgan fingerprint density at radius 3 is 2.76 bits per heavy atom. The van der Waals surface area contributed by atoms with Crippen LogP contribution in [0.4, 0.5) is 5.69 Å². The number of hydrogen-bond donors (Lipinski definition) is 2. The molecule has 1 saturated carbocycles. The highest BCUT2D eigenvalue weighted by atomic mass is 15.3. The number of benzene rings is 1. The van der Waals surface area contributed by atoms with E-state index < -0.39 is 0 Å². The summed E-state index contributed by atoms with van der Waals surface area (Å²) in [5.74, 6) is 1.07. The van der Waals surface area contributed by atoms with E-state index in [-0.39, 0.29) is 0 Å². The second-order valence-corrected chi connectivity index (χ2v) is 6.32. The van der Waals surface area contributed by atoms with Crippen LogP contribution in [0.2, 0.25) is 0 Å². The summed E-state index contributed by atoms with van der Waals surface area (Å²) in [7, 11) is 0. The lowest BCUT2D eigenvalue weighted by molar-refractivity contribution is 0.127. The normalized spacial score (nSPS) is 21.1. The molecular weight excluding hydrogens is 262 g/mol. The van der Waals surface area contributed by atoms with Crippen LogP contribution in [0.3, 0.4) is 0 Å². The predicted octanol–water partition coefficient (Wildman–Crippen LogP) is 1.47. The first-order chi connectivity index (χ1) is 10.3. The minimum atomic E-state index is 0.786. The summed E-state index contributed by atoms with van der Waals surface area (Å²) in [6.07, 6.45) is 3.82. The molecule has 5 nitrogen and oxygen atoms in total. The smallest absolute Gasteiger partial charge is 0.108 e. The van der Waals surface area contributed by atoms with Gasteiger partial charge in [0.05, 0.1) is 11.0 Å². The molecule has 21 heavy (non-hydrogen) atoms. The zero-order valence-electron chi connectivity index (χ0n) is 12.4. The van der Waals surface area contributed by atoms with Crippen LogP contribution in [0.25, 0.3) is 11.0 Å². The van der Waals surface area contributed by atoms with Crippen molar-refractivity contribution in [3.8, 4) is 0 Å². The van der Waals surface area contributed by atoms with Crippen LogP contribution in [-0.2, 0) is 6.42 Å². The first-order valence-electron chi connectivity index (χ1n) is 7.98. The molecular formula is C16H23N5. The molecule has 4 rings (SSSR count). The van der Waals surface area contributed by atoms with Crippen molar-refractivity contribution in [3.63, 3.8) is 0 Å². The highest BCUT2D eigenvalue weighted by Crippen LogP contribution is 2.27. The zero-order valence-corrected chi connectivity index (χ0v) is 12.4. The monoisotopic (exact) mass is 285 g/mol. The molecule has 1 aliphatic carbocycles. The lowest BCUT2D eigenvalue weighted by Crippen LogP contribution is -2.47. The van der Waals surface area contributed by atoms with Gasteiger partial charge in [0.25, 0.3) is 0 Å². The van der Waals surface area contributed by atoms with E-state index in [2.05, 4.69) is 19.8 Å². The number of piperazine rings is 1. The average Bonchev–Trinajstić information content (AvgIpc) is 3.26. The number of rotatable bonds is 4. The third kappa shape index (κ3) is 2.89. The van der Waals surface area contributed by atoms with Crippen LogP contribution < -0.4 is 5.73 Å². The molecule has 0 atom stereocenters. The molecule has 5 heteroatoms. The SMILES string of the molecule is Nc1ccc2nc(CCN3CCN(C4CC4)CC3)[nH]c2c1. The van der Waals surface area contributed by atoms with Crippen molar-refractivity contribution in [2.24, 2.45) is 0 Å². The zero-order chi connectivity index (χ0) is 14.2. The molecule has 2 heterocycles. The van der Waals surface area contributed by atoms with Crippen molar-refractivity contribution in [1.82, 2.24) is 19.8 Å². The van der Waals surface area contributed by atoms with Gasteiger partial charge >= 0.3 is 0 Å². The van der Waals surface area contributed by atoms with E-state index in [0.717, 1.165) is 41.6 Å². The lowest BCUT2D eigenvalue weighted by atomic mass is 10.3. The van der Waals surface area contributed by atoms with Crippen LogP contribution in [0, 0.1) is 0 Å². The number of nitrogen functional groups attached to an aromatic ring is 1. The topological polar surface area (TPSA) is 61.2 Å². The number of nitrogens with one attached hydrogen (secondary N) is 1. The minimum Gasteiger partial charge on any atom is -0.399 e. The van der Waals surface area contributed by atoms with Gasteiger partial charge < -0.3 is 15.6 Å². The van der Waals surface area contributed by atoms with Crippen molar-refractivity contribution in [1.29, 1.82) is 0 Å². The molecule has 1 aliphatic heterocycles. The van der Waals surface area contributed by atoms with E-state index in [4.69, 9.17) is 5.73 Å².